The molecule has 5 nitrogen and oxygen atoms in total. The Labute approximate surface area is 94.9 Å². The predicted octanol–water partition coefficient (Wildman–Crippen LogP) is 2.02. The molecule has 1 rings (SSSR count). The van der Waals surface area contributed by atoms with Gasteiger partial charge in [0.2, 0.25) is 0 Å². The molecule has 88 valence electrons. The van der Waals surface area contributed by atoms with Crippen molar-refractivity contribution in [2.24, 2.45) is 5.92 Å². The summed E-state index contributed by atoms with van der Waals surface area (Å²) in [5.41, 5.74) is -0.0401. The van der Waals surface area contributed by atoms with Crippen LogP contribution in [0.25, 0.3) is 0 Å². The zero-order valence-electron chi connectivity index (χ0n) is 9.77. The van der Waals surface area contributed by atoms with Gasteiger partial charge in [0.1, 0.15) is 5.82 Å². The van der Waals surface area contributed by atoms with E-state index in [0.29, 0.717) is 11.7 Å². The first kappa shape index (κ1) is 12.4. The van der Waals surface area contributed by atoms with Crippen molar-refractivity contribution < 1.29 is 9.90 Å². The fourth-order valence-corrected chi connectivity index (χ4v) is 1.25. The Morgan fingerprint density at radius 3 is 2.56 bits per heavy atom. The number of aromatic carboxylic acids is 1. The lowest BCUT2D eigenvalue weighted by molar-refractivity contribution is 0.0689. The van der Waals surface area contributed by atoms with Crippen LogP contribution in [0.5, 0.6) is 0 Å². The maximum atomic E-state index is 10.6. The summed E-state index contributed by atoms with van der Waals surface area (Å²) in [6, 6.07) is 3.37. The molecule has 0 aliphatic carbocycles. The van der Waals surface area contributed by atoms with Crippen LogP contribution in [0.15, 0.2) is 12.1 Å². The quantitative estimate of drug-likeness (QED) is 0.798. The van der Waals surface area contributed by atoms with Crippen molar-refractivity contribution in [1.29, 1.82) is 0 Å². The number of aromatic nitrogens is 2. The summed E-state index contributed by atoms with van der Waals surface area (Å²) < 4.78 is 0. The number of carboxylic acids is 1. The van der Waals surface area contributed by atoms with Gasteiger partial charge >= 0.3 is 5.97 Å². The van der Waals surface area contributed by atoms with Gasteiger partial charge in [0.25, 0.3) is 0 Å². The molecule has 2 unspecified atom stereocenters. The Balaban J connectivity index is 2.65. The van der Waals surface area contributed by atoms with Gasteiger partial charge in [-0.25, -0.2) is 4.79 Å². The van der Waals surface area contributed by atoms with Gasteiger partial charge in [-0.3, -0.25) is 0 Å². The molecular formula is C11H17N3O2. The molecule has 0 aliphatic heterocycles. The second-order valence-electron chi connectivity index (χ2n) is 3.93. The van der Waals surface area contributed by atoms with Crippen LogP contribution in [-0.4, -0.2) is 27.3 Å². The topological polar surface area (TPSA) is 75.1 Å². The van der Waals surface area contributed by atoms with Crippen LogP contribution in [-0.2, 0) is 0 Å². The lowest BCUT2D eigenvalue weighted by atomic mass is 10.0. The predicted molar refractivity (Wildman–Crippen MR) is 61.5 cm³/mol. The van der Waals surface area contributed by atoms with Gasteiger partial charge in [-0.2, -0.15) is 0 Å². The summed E-state index contributed by atoms with van der Waals surface area (Å²) >= 11 is 0. The molecular weight excluding hydrogens is 206 g/mol. The van der Waals surface area contributed by atoms with Gasteiger partial charge in [0.05, 0.1) is 0 Å². The molecule has 0 aliphatic rings. The smallest absolute Gasteiger partial charge is 0.356 e. The van der Waals surface area contributed by atoms with Gasteiger partial charge < -0.3 is 10.4 Å². The summed E-state index contributed by atoms with van der Waals surface area (Å²) in [4.78, 5) is 10.6. The maximum absolute atomic E-state index is 10.6. The van der Waals surface area contributed by atoms with Crippen molar-refractivity contribution in [3.63, 3.8) is 0 Å². The van der Waals surface area contributed by atoms with Gasteiger partial charge in [-0.1, -0.05) is 20.3 Å². The van der Waals surface area contributed by atoms with Gasteiger partial charge in [-0.05, 0) is 25.0 Å². The minimum absolute atomic E-state index is 0.0401. The van der Waals surface area contributed by atoms with E-state index in [1.807, 2.05) is 0 Å². The Kier molecular flexibility index (Phi) is 4.22. The van der Waals surface area contributed by atoms with Gasteiger partial charge in [0.15, 0.2) is 5.69 Å². The molecule has 1 heterocycles. The van der Waals surface area contributed by atoms with Crippen LogP contribution in [0.4, 0.5) is 5.82 Å². The van der Waals surface area contributed by atoms with E-state index in [0.717, 1.165) is 6.42 Å². The lowest BCUT2D eigenvalue weighted by Gasteiger charge is -2.19. The first-order valence-electron chi connectivity index (χ1n) is 5.38. The zero-order chi connectivity index (χ0) is 12.1. The summed E-state index contributed by atoms with van der Waals surface area (Å²) in [6.07, 6.45) is 1.08. The number of nitrogens with zero attached hydrogens (tertiary/aromatic N) is 2. The van der Waals surface area contributed by atoms with E-state index in [9.17, 15) is 4.79 Å². The van der Waals surface area contributed by atoms with Crippen LogP contribution in [0.3, 0.4) is 0 Å². The summed E-state index contributed by atoms with van der Waals surface area (Å²) in [5, 5.41) is 19.3. The molecule has 0 bridgehead atoms. The number of carbonyl (C=O) groups is 1. The van der Waals surface area contributed by atoms with Crippen LogP contribution in [0.2, 0.25) is 0 Å². The molecule has 0 amide bonds. The highest BCUT2D eigenvalue weighted by atomic mass is 16.4. The number of rotatable bonds is 5. The van der Waals surface area contributed by atoms with Gasteiger partial charge in [0, 0.05) is 6.04 Å². The van der Waals surface area contributed by atoms with Crippen molar-refractivity contribution in [3.05, 3.63) is 17.8 Å². The second kappa shape index (κ2) is 5.44. The Hall–Kier alpha value is -1.65. The van der Waals surface area contributed by atoms with Crippen LogP contribution in [0, 0.1) is 5.92 Å². The molecule has 0 saturated carbocycles. The first-order valence-corrected chi connectivity index (χ1v) is 5.38. The van der Waals surface area contributed by atoms with Crippen molar-refractivity contribution in [2.45, 2.75) is 33.2 Å². The molecule has 0 fully saturated rings. The number of nitrogens with one attached hydrogen (secondary N) is 1. The average molecular weight is 223 g/mol. The molecule has 0 saturated heterocycles. The Morgan fingerprint density at radius 1 is 1.44 bits per heavy atom. The minimum atomic E-state index is -1.06. The van der Waals surface area contributed by atoms with E-state index in [2.05, 4.69) is 36.3 Å². The monoisotopic (exact) mass is 223 g/mol. The van der Waals surface area contributed by atoms with Crippen LogP contribution < -0.4 is 5.32 Å². The fraction of sp³-hybridized carbons (Fsp3) is 0.545. The first-order chi connectivity index (χ1) is 7.54. The zero-order valence-corrected chi connectivity index (χ0v) is 9.77. The molecule has 0 radical (unpaired) electrons. The molecule has 16 heavy (non-hydrogen) atoms. The van der Waals surface area contributed by atoms with Crippen molar-refractivity contribution >= 4 is 11.8 Å². The summed E-state index contributed by atoms with van der Waals surface area (Å²) in [7, 11) is 0. The average Bonchev–Trinajstić information content (AvgIpc) is 2.28. The highest BCUT2D eigenvalue weighted by Crippen LogP contribution is 2.12. The molecule has 1 aromatic heterocycles. The van der Waals surface area contributed by atoms with Crippen molar-refractivity contribution in [3.8, 4) is 0 Å². The SMILES string of the molecule is CCC(C)C(C)Nc1ccc(C(=O)O)nn1. The highest BCUT2D eigenvalue weighted by molar-refractivity contribution is 5.85. The summed E-state index contributed by atoms with van der Waals surface area (Å²) in [6.45, 7) is 6.35. The molecule has 0 spiro atoms. The maximum Gasteiger partial charge on any atom is 0.356 e. The third-order valence-electron chi connectivity index (χ3n) is 2.76. The third kappa shape index (κ3) is 3.18. The van der Waals surface area contributed by atoms with Crippen LogP contribution >= 0.6 is 0 Å². The number of anilines is 1. The molecule has 0 aromatic carbocycles. The van der Waals surface area contributed by atoms with Crippen molar-refractivity contribution in [2.75, 3.05) is 5.32 Å². The molecule has 2 N–H and O–H groups in total. The Bertz CT molecular complexity index is 351. The van der Waals surface area contributed by atoms with Crippen molar-refractivity contribution in [1.82, 2.24) is 10.2 Å². The van der Waals surface area contributed by atoms with Crippen LogP contribution in [0.1, 0.15) is 37.7 Å². The van der Waals surface area contributed by atoms with E-state index in [1.54, 1.807) is 6.07 Å². The van der Waals surface area contributed by atoms with E-state index in [-0.39, 0.29) is 11.7 Å². The molecule has 2 atom stereocenters. The number of hydrogen-bond acceptors (Lipinski definition) is 4. The largest absolute Gasteiger partial charge is 0.476 e. The highest BCUT2D eigenvalue weighted by Gasteiger charge is 2.11. The second-order valence-corrected chi connectivity index (χ2v) is 3.93. The standard InChI is InChI=1S/C11H17N3O2/c1-4-7(2)8(3)12-10-6-5-9(11(15)16)13-14-10/h5-8H,4H2,1-3H3,(H,12,14)(H,15,16). The fourth-order valence-electron chi connectivity index (χ4n) is 1.25. The number of carboxylic acid groups (broad SMARTS) is 1. The van der Waals surface area contributed by atoms with E-state index in [1.165, 1.54) is 6.07 Å². The van der Waals surface area contributed by atoms with E-state index < -0.39 is 5.97 Å². The summed E-state index contributed by atoms with van der Waals surface area (Å²) in [5.74, 6) is 0.0766. The lowest BCUT2D eigenvalue weighted by Crippen LogP contribution is -2.24. The minimum Gasteiger partial charge on any atom is -0.476 e. The Morgan fingerprint density at radius 2 is 2.12 bits per heavy atom. The molecule has 1 aromatic rings. The number of hydrogen-bond donors (Lipinski definition) is 2. The third-order valence-corrected chi connectivity index (χ3v) is 2.76. The molecule has 5 heteroatoms. The van der Waals surface area contributed by atoms with Gasteiger partial charge in [-0.15, -0.1) is 10.2 Å². The van der Waals surface area contributed by atoms with E-state index >= 15 is 0 Å². The van der Waals surface area contributed by atoms with E-state index in [4.69, 9.17) is 5.11 Å². The normalized spacial score (nSPS) is 14.2.